The first-order chi connectivity index (χ1) is 24.2. The highest BCUT2D eigenvalue weighted by atomic mass is 35.5. The van der Waals surface area contributed by atoms with Gasteiger partial charge in [0.05, 0.1) is 30.4 Å². The number of aliphatic carboxylic acids is 1. The largest absolute Gasteiger partial charge is 0.481 e. The fourth-order valence-corrected chi connectivity index (χ4v) is 7.04. The van der Waals surface area contributed by atoms with Crippen molar-refractivity contribution in [2.75, 3.05) is 33.9 Å². The molecule has 2 aliphatic rings. The molecule has 2 atom stereocenters. The van der Waals surface area contributed by atoms with Crippen molar-refractivity contribution in [3.05, 3.63) is 93.0 Å². The minimum absolute atomic E-state index is 0.128. The third-order valence-electron chi connectivity index (χ3n) is 9.04. The summed E-state index contributed by atoms with van der Waals surface area (Å²) in [4.78, 5) is 24.8. The SMILES string of the molecule is COc1nc(OCc2cccc(-c3cccc(COc4ccc(CN5CC(O)CC5C(=O)O)c(OC)n4)c3Cl)c2Cl)ccc1CN1CCCC1. The predicted molar refractivity (Wildman–Crippen MR) is 189 cm³/mol. The number of aromatic nitrogens is 2. The van der Waals surface area contributed by atoms with E-state index in [1.165, 1.54) is 20.0 Å². The number of β-amino-alcohol motifs (C(OH)–C–C–N with tert-alkyl or cyclic N) is 1. The number of aliphatic hydroxyl groups is 1. The minimum atomic E-state index is -0.971. The van der Waals surface area contributed by atoms with Gasteiger partial charge in [0.1, 0.15) is 19.3 Å². The molecule has 0 saturated carbocycles. The second-order valence-corrected chi connectivity index (χ2v) is 13.2. The molecule has 264 valence electrons. The topological polar surface area (TPSA) is 127 Å². The smallest absolute Gasteiger partial charge is 0.321 e. The van der Waals surface area contributed by atoms with Crippen molar-refractivity contribution >= 4 is 29.2 Å². The molecule has 2 unspecified atom stereocenters. The zero-order valence-electron chi connectivity index (χ0n) is 28.0. The van der Waals surface area contributed by atoms with Gasteiger partial charge in [-0.2, -0.15) is 9.97 Å². The summed E-state index contributed by atoms with van der Waals surface area (Å²) in [5.74, 6) is 0.658. The van der Waals surface area contributed by atoms with Crippen molar-refractivity contribution < 1.29 is 34.0 Å². The summed E-state index contributed by atoms with van der Waals surface area (Å²) in [6.07, 6.45) is 1.91. The van der Waals surface area contributed by atoms with Crippen LogP contribution < -0.4 is 18.9 Å². The average molecular weight is 724 g/mol. The molecule has 0 amide bonds. The van der Waals surface area contributed by atoms with Gasteiger partial charge in [0.15, 0.2) is 0 Å². The van der Waals surface area contributed by atoms with Crippen LogP contribution in [0.15, 0.2) is 60.7 Å². The van der Waals surface area contributed by atoms with Gasteiger partial charge in [-0.05, 0) is 38.1 Å². The van der Waals surface area contributed by atoms with Gasteiger partial charge in [-0.25, -0.2) is 0 Å². The van der Waals surface area contributed by atoms with Gasteiger partial charge < -0.3 is 29.2 Å². The molecule has 0 aliphatic carbocycles. The molecule has 0 spiro atoms. The first-order valence-electron chi connectivity index (χ1n) is 16.5. The number of nitrogens with zero attached hydrogens (tertiary/aromatic N) is 4. The number of halogens is 2. The fourth-order valence-electron chi connectivity index (χ4n) is 6.47. The second kappa shape index (κ2) is 16.3. The van der Waals surface area contributed by atoms with E-state index < -0.39 is 18.1 Å². The summed E-state index contributed by atoms with van der Waals surface area (Å²) in [7, 11) is 3.11. The maximum absolute atomic E-state index is 11.7. The molecule has 2 aromatic heterocycles. The highest BCUT2D eigenvalue weighted by Gasteiger charge is 2.36. The van der Waals surface area contributed by atoms with E-state index in [2.05, 4.69) is 14.9 Å². The first-order valence-corrected chi connectivity index (χ1v) is 17.3. The van der Waals surface area contributed by atoms with Crippen LogP contribution in [0.2, 0.25) is 10.0 Å². The Morgan fingerprint density at radius 3 is 1.80 bits per heavy atom. The van der Waals surface area contributed by atoms with Crippen LogP contribution in [0.1, 0.15) is 41.5 Å². The van der Waals surface area contributed by atoms with E-state index in [-0.39, 0.29) is 32.7 Å². The molecule has 13 heteroatoms. The van der Waals surface area contributed by atoms with Crippen molar-refractivity contribution in [2.45, 2.75) is 57.7 Å². The number of carboxylic acids is 1. The number of pyridine rings is 2. The number of benzene rings is 2. The first kappa shape index (κ1) is 35.7. The number of rotatable bonds is 14. The van der Waals surface area contributed by atoms with E-state index in [1.807, 2.05) is 48.5 Å². The van der Waals surface area contributed by atoms with Crippen LogP contribution in [-0.2, 0) is 31.1 Å². The fraction of sp³-hybridized carbons (Fsp3) is 0.378. The molecule has 50 heavy (non-hydrogen) atoms. The van der Waals surface area contributed by atoms with Crippen molar-refractivity contribution in [1.29, 1.82) is 0 Å². The molecule has 2 aromatic carbocycles. The van der Waals surface area contributed by atoms with Gasteiger partial charge >= 0.3 is 5.97 Å². The Hall–Kier alpha value is -4.13. The highest BCUT2D eigenvalue weighted by molar-refractivity contribution is 6.37. The van der Waals surface area contributed by atoms with Gasteiger partial charge in [0, 0.05) is 71.6 Å². The second-order valence-electron chi connectivity index (χ2n) is 12.4. The van der Waals surface area contributed by atoms with Crippen LogP contribution in [-0.4, -0.2) is 81.9 Å². The van der Waals surface area contributed by atoms with Crippen molar-refractivity contribution in [3.63, 3.8) is 0 Å². The Balaban J connectivity index is 1.12. The summed E-state index contributed by atoms with van der Waals surface area (Å²) in [5, 5.41) is 20.6. The van der Waals surface area contributed by atoms with E-state index >= 15 is 0 Å². The van der Waals surface area contributed by atoms with Crippen LogP contribution in [0.5, 0.6) is 23.5 Å². The predicted octanol–water partition coefficient (Wildman–Crippen LogP) is 6.24. The van der Waals surface area contributed by atoms with E-state index in [1.54, 1.807) is 24.1 Å². The van der Waals surface area contributed by atoms with E-state index in [0.717, 1.165) is 47.5 Å². The van der Waals surface area contributed by atoms with E-state index in [0.29, 0.717) is 39.1 Å². The van der Waals surface area contributed by atoms with Gasteiger partial charge in [-0.15, -0.1) is 0 Å². The maximum Gasteiger partial charge on any atom is 0.321 e. The molecular formula is C37H40Cl2N4O7. The van der Waals surface area contributed by atoms with Gasteiger partial charge in [0.25, 0.3) is 0 Å². The molecule has 2 aliphatic heterocycles. The minimum Gasteiger partial charge on any atom is -0.481 e. The van der Waals surface area contributed by atoms with Crippen LogP contribution in [0.4, 0.5) is 0 Å². The molecule has 4 heterocycles. The van der Waals surface area contributed by atoms with Crippen molar-refractivity contribution in [3.8, 4) is 34.6 Å². The third kappa shape index (κ3) is 8.25. The standard InChI is InChI=1S/C37H40Cl2N4O7/c1-47-35-23(18-42-15-3-4-16-42)11-13-31(40-35)49-21-25-7-5-9-28(33(25)38)29-10-6-8-26(34(29)39)22-50-32-14-12-24(36(41-32)48-2)19-43-20-27(44)17-30(43)37(45)46/h5-14,27,30,44H,3-4,15-22H2,1-2H3,(H,45,46). The van der Waals surface area contributed by atoms with Gasteiger partial charge in [0.2, 0.25) is 23.5 Å². The summed E-state index contributed by atoms with van der Waals surface area (Å²) in [6.45, 7) is 3.82. The molecule has 6 rings (SSSR count). The molecule has 0 bridgehead atoms. The van der Waals surface area contributed by atoms with E-state index in [9.17, 15) is 15.0 Å². The molecule has 2 N–H and O–H groups in total. The number of hydrogen-bond acceptors (Lipinski definition) is 10. The molecule has 11 nitrogen and oxygen atoms in total. The van der Waals surface area contributed by atoms with Crippen molar-refractivity contribution in [1.82, 2.24) is 19.8 Å². The van der Waals surface area contributed by atoms with E-state index in [4.69, 9.17) is 42.1 Å². The number of hydrogen-bond donors (Lipinski definition) is 2. The number of carbonyl (C=O) groups is 1. The Morgan fingerprint density at radius 2 is 1.30 bits per heavy atom. The number of carboxylic acid groups (broad SMARTS) is 1. The summed E-state index contributed by atoms with van der Waals surface area (Å²) in [5.41, 5.74) is 4.71. The normalized spacial score (nSPS) is 17.9. The Morgan fingerprint density at radius 1 is 0.780 bits per heavy atom. The number of methoxy groups -OCH3 is 2. The van der Waals surface area contributed by atoms with Crippen molar-refractivity contribution in [2.24, 2.45) is 0 Å². The lowest BCUT2D eigenvalue weighted by Gasteiger charge is -2.21. The molecule has 4 aromatic rings. The molecule has 2 fully saturated rings. The maximum atomic E-state index is 11.7. The lowest BCUT2D eigenvalue weighted by molar-refractivity contribution is -0.142. The lowest BCUT2D eigenvalue weighted by Crippen LogP contribution is -2.35. The van der Waals surface area contributed by atoms with Gasteiger partial charge in [-0.3, -0.25) is 14.6 Å². The van der Waals surface area contributed by atoms with Gasteiger partial charge in [-0.1, -0.05) is 59.6 Å². The van der Waals surface area contributed by atoms with Crippen LogP contribution in [0.25, 0.3) is 11.1 Å². The lowest BCUT2D eigenvalue weighted by atomic mass is 10.0. The number of ether oxygens (including phenoxy) is 4. The molecular weight excluding hydrogens is 683 g/mol. The zero-order valence-corrected chi connectivity index (χ0v) is 29.5. The summed E-state index contributed by atoms with van der Waals surface area (Å²) < 4.78 is 23.1. The Labute approximate surface area is 301 Å². The zero-order chi connectivity index (χ0) is 35.2. The quantitative estimate of drug-likeness (QED) is 0.154. The number of likely N-dealkylation sites (tertiary alicyclic amines) is 2. The number of aliphatic hydroxyl groups excluding tert-OH is 1. The summed E-state index contributed by atoms with van der Waals surface area (Å²) >= 11 is 13.9. The average Bonchev–Trinajstić information content (AvgIpc) is 3.77. The van der Waals surface area contributed by atoms with Crippen LogP contribution in [0.3, 0.4) is 0 Å². The highest BCUT2D eigenvalue weighted by Crippen LogP contribution is 2.38. The van der Waals surface area contributed by atoms with Crippen LogP contribution in [0, 0.1) is 0 Å². The Bertz CT molecular complexity index is 1820. The molecule has 2 saturated heterocycles. The monoisotopic (exact) mass is 722 g/mol. The Kier molecular flexibility index (Phi) is 11.6. The molecule has 0 radical (unpaired) electrons. The third-order valence-corrected chi connectivity index (χ3v) is 9.94. The summed E-state index contributed by atoms with van der Waals surface area (Å²) in [6, 6.07) is 18.0. The van der Waals surface area contributed by atoms with Crippen LogP contribution >= 0.6 is 23.2 Å².